The lowest BCUT2D eigenvalue weighted by atomic mass is 10.4. The number of hydrogen-bond acceptors (Lipinski definition) is 2. The van der Waals surface area contributed by atoms with Crippen molar-refractivity contribution in [3.05, 3.63) is 16.4 Å². The third kappa shape index (κ3) is 2.32. The molecule has 0 aliphatic rings. The highest BCUT2D eigenvalue weighted by atomic mass is 79.9. The fraction of sp³-hybridized carbons (Fsp3) is 0.625. The van der Waals surface area contributed by atoms with Crippen LogP contribution in [0.2, 0.25) is 0 Å². The van der Waals surface area contributed by atoms with Crippen molar-refractivity contribution in [1.82, 2.24) is 9.78 Å². The first-order valence-corrected chi connectivity index (χ1v) is 4.68. The summed E-state index contributed by atoms with van der Waals surface area (Å²) in [5, 5.41) is 4.08. The first kappa shape index (κ1) is 9.74. The number of hydrogen-bond donors (Lipinski definition) is 0. The van der Waals surface area contributed by atoms with Crippen LogP contribution in [-0.4, -0.2) is 15.9 Å². The van der Waals surface area contributed by atoms with E-state index in [9.17, 15) is 0 Å². The van der Waals surface area contributed by atoms with Crippen LogP contribution < -0.4 is 0 Å². The Bertz CT molecular complexity index is 238. The molecular weight excluding hydrogens is 220 g/mol. The van der Waals surface area contributed by atoms with E-state index < -0.39 is 0 Å². The van der Waals surface area contributed by atoms with Crippen LogP contribution in [0.1, 0.15) is 19.5 Å². The van der Waals surface area contributed by atoms with Gasteiger partial charge in [0.05, 0.1) is 29.1 Å². The van der Waals surface area contributed by atoms with E-state index in [-0.39, 0.29) is 6.10 Å². The van der Waals surface area contributed by atoms with E-state index >= 15 is 0 Å². The van der Waals surface area contributed by atoms with E-state index in [4.69, 9.17) is 4.74 Å². The van der Waals surface area contributed by atoms with Gasteiger partial charge in [-0.2, -0.15) is 5.10 Å². The average molecular weight is 233 g/mol. The number of aromatic nitrogens is 2. The van der Waals surface area contributed by atoms with Gasteiger partial charge < -0.3 is 4.74 Å². The van der Waals surface area contributed by atoms with Crippen LogP contribution >= 0.6 is 15.9 Å². The Hall–Kier alpha value is -0.350. The average Bonchev–Trinajstić information content (AvgIpc) is 2.28. The maximum Gasteiger partial charge on any atom is 0.0899 e. The largest absolute Gasteiger partial charge is 0.372 e. The molecule has 1 aromatic heterocycles. The summed E-state index contributed by atoms with van der Waals surface area (Å²) in [6.07, 6.45) is 2.03. The van der Waals surface area contributed by atoms with Crippen molar-refractivity contribution in [2.24, 2.45) is 7.05 Å². The third-order valence-corrected chi connectivity index (χ3v) is 2.23. The van der Waals surface area contributed by atoms with E-state index in [1.165, 1.54) is 0 Å². The van der Waals surface area contributed by atoms with Crippen LogP contribution in [0.15, 0.2) is 10.7 Å². The molecule has 1 rings (SSSR count). The van der Waals surface area contributed by atoms with Crippen molar-refractivity contribution in [2.45, 2.75) is 26.6 Å². The molecule has 0 saturated carbocycles. The van der Waals surface area contributed by atoms with Gasteiger partial charge in [-0.1, -0.05) is 0 Å². The molecule has 0 spiro atoms. The molecule has 0 unspecified atom stereocenters. The Kier molecular flexibility index (Phi) is 3.29. The Morgan fingerprint density at radius 1 is 1.67 bits per heavy atom. The van der Waals surface area contributed by atoms with Gasteiger partial charge in [-0.25, -0.2) is 0 Å². The summed E-state index contributed by atoms with van der Waals surface area (Å²) in [4.78, 5) is 0. The molecular formula is C8H13BrN2O. The van der Waals surface area contributed by atoms with Gasteiger partial charge in [-0.3, -0.25) is 4.68 Å². The van der Waals surface area contributed by atoms with Crippen molar-refractivity contribution in [2.75, 3.05) is 0 Å². The van der Waals surface area contributed by atoms with Crippen molar-refractivity contribution in [3.63, 3.8) is 0 Å². The second-order valence-electron chi connectivity index (χ2n) is 2.92. The van der Waals surface area contributed by atoms with Gasteiger partial charge in [0.2, 0.25) is 0 Å². The van der Waals surface area contributed by atoms with Gasteiger partial charge in [0.15, 0.2) is 0 Å². The summed E-state index contributed by atoms with van der Waals surface area (Å²) in [6, 6.07) is 0. The molecule has 0 aromatic carbocycles. The molecule has 1 heterocycles. The van der Waals surface area contributed by atoms with E-state index in [2.05, 4.69) is 21.0 Å². The van der Waals surface area contributed by atoms with Crippen molar-refractivity contribution >= 4 is 15.9 Å². The SMILES string of the molecule is CC(C)OCc1c(Br)cnn1C. The molecule has 1 aromatic rings. The minimum atomic E-state index is 0.256. The number of rotatable bonds is 3. The first-order valence-electron chi connectivity index (χ1n) is 3.89. The van der Waals surface area contributed by atoms with E-state index in [1.807, 2.05) is 25.6 Å². The van der Waals surface area contributed by atoms with Gasteiger partial charge in [0, 0.05) is 7.05 Å². The molecule has 0 N–H and O–H groups in total. The Morgan fingerprint density at radius 2 is 2.33 bits per heavy atom. The van der Waals surface area contributed by atoms with Gasteiger partial charge >= 0.3 is 0 Å². The third-order valence-electron chi connectivity index (χ3n) is 1.56. The van der Waals surface area contributed by atoms with Crippen molar-refractivity contribution in [3.8, 4) is 0 Å². The van der Waals surface area contributed by atoms with Gasteiger partial charge in [0.1, 0.15) is 0 Å². The van der Waals surface area contributed by atoms with E-state index in [1.54, 1.807) is 6.20 Å². The van der Waals surface area contributed by atoms with Crippen LogP contribution in [0, 0.1) is 0 Å². The van der Waals surface area contributed by atoms with Crippen LogP contribution in [0.3, 0.4) is 0 Å². The second-order valence-corrected chi connectivity index (χ2v) is 3.78. The highest BCUT2D eigenvalue weighted by Gasteiger charge is 2.06. The molecule has 68 valence electrons. The number of nitrogens with zero attached hydrogens (tertiary/aromatic N) is 2. The number of aryl methyl sites for hydroxylation is 1. The second kappa shape index (κ2) is 4.05. The van der Waals surface area contributed by atoms with Crippen LogP contribution in [0.5, 0.6) is 0 Å². The zero-order valence-corrected chi connectivity index (χ0v) is 9.13. The molecule has 12 heavy (non-hydrogen) atoms. The summed E-state index contributed by atoms with van der Waals surface area (Å²) in [7, 11) is 1.91. The quantitative estimate of drug-likeness (QED) is 0.799. The molecule has 0 bridgehead atoms. The summed E-state index contributed by atoms with van der Waals surface area (Å²) < 4.78 is 8.27. The van der Waals surface area contributed by atoms with Crippen LogP contribution in [-0.2, 0) is 18.4 Å². The maximum atomic E-state index is 5.46. The molecule has 0 saturated heterocycles. The van der Waals surface area contributed by atoms with Gasteiger partial charge in [-0.05, 0) is 29.8 Å². The molecule has 0 fully saturated rings. The van der Waals surface area contributed by atoms with Gasteiger partial charge in [0.25, 0.3) is 0 Å². The Morgan fingerprint density at radius 3 is 2.75 bits per heavy atom. The number of ether oxygens (including phenoxy) is 1. The lowest BCUT2D eigenvalue weighted by Gasteiger charge is -2.07. The fourth-order valence-corrected chi connectivity index (χ4v) is 1.31. The minimum absolute atomic E-state index is 0.256. The monoisotopic (exact) mass is 232 g/mol. The summed E-state index contributed by atoms with van der Waals surface area (Å²) in [5.74, 6) is 0. The standard InChI is InChI=1S/C8H13BrN2O/c1-6(2)12-5-8-7(9)4-10-11(8)3/h4,6H,5H2,1-3H3. The molecule has 4 heteroatoms. The first-order chi connectivity index (χ1) is 5.61. The van der Waals surface area contributed by atoms with Crippen molar-refractivity contribution < 1.29 is 4.74 Å². The van der Waals surface area contributed by atoms with Crippen molar-refractivity contribution in [1.29, 1.82) is 0 Å². The predicted molar refractivity (Wildman–Crippen MR) is 50.8 cm³/mol. The normalized spacial score (nSPS) is 11.1. The lowest BCUT2D eigenvalue weighted by molar-refractivity contribution is 0.0613. The van der Waals surface area contributed by atoms with E-state index in [0.717, 1.165) is 10.2 Å². The highest BCUT2D eigenvalue weighted by Crippen LogP contribution is 2.16. The topological polar surface area (TPSA) is 27.1 Å². The highest BCUT2D eigenvalue weighted by molar-refractivity contribution is 9.10. The Balaban J connectivity index is 2.62. The molecule has 0 aliphatic carbocycles. The minimum Gasteiger partial charge on any atom is -0.372 e. The molecule has 0 aliphatic heterocycles. The lowest BCUT2D eigenvalue weighted by Crippen LogP contribution is -2.06. The van der Waals surface area contributed by atoms with Crippen LogP contribution in [0.4, 0.5) is 0 Å². The molecule has 0 amide bonds. The summed E-state index contributed by atoms with van der Waals surface area (Å²) >= 11 is 3.40. The van der Waals surface area contributed by atoms with Gasteiger partial charge in [-0.15, -0.1) is 0 Å². The predicted octanol–water partition coefficient (Wildman–Crippen LogP) is 2.11. The molecule has 0 atom stereocenters. The smallest absolute Gasteiger partial charge is 0.0899 e. The van der Waals surface area contributed by atoms with Crippen LogP contribution in [0.25, 0.3) is 0 Å². The number of halogens is 1. The molecule has 0 radical (unpaired) electrons. The Labute approximate surface area is 80.8 Å². The van der Waals surface area contributed by atoms with E-state index in [0.29, 0.717) is 6.61 Å². The molecule has 3 nitrogen and oxygen atoms in total. The fourth-order valence-electron chi connectivity index (χ4n) is 0.844. The summed E-state index contributed by atoms with van der Waals surface area (Å²) in [5.41, 5.74) is 1.07. The zero-order chi connectivity index (χ0) is 9.14. The summed E-state index contributed by atoms with van der Waals surface area (Å²) in [6.45, 7) is 4.64. The maximum absolute atomic E-state index is 5.46. The zero-order valence-electron chi connectivity index (χ0n) is 7.54.